The molecule has 0 spiro atoms. The molecule has 114 valence electrons. The number of anilines is 1. The van der Waals surface area contributed by atoms with E-state index in [0.29, 0.717) is 5.92 Å². The second-order valence-corrected chi connectivity index (χ2v) is 7.96. The Labute approximate surface area is 127 Å². The molecular formula is C19H27NO. The number of nitrogen functional groups attached to an aromatic ring is 1. The van der Waals surface area contributed by atoms with Crippen LogP contribution in [-0.2, 0) is 6.42 Å². The van der Waals surface area contributed by atoms with Gasteiger partial charge in [0.1, 0.15) is 0 Å². The Balaban J connectivity index is 1.73. The minimum absolute atomic E-state index is 0.0713. The predicted octanol–water partition coefficient (Wildman–Crippen LogP) is 3.79. The lowest BCUT2D eigenvalue weighted by Gasteiger charge is -2.50. The molecule has 0 heterocycles. The standard InChI is InChI=1S/C19H27NO/c1-11-9-15-12(10-17(11)20)3-4-14-13(15)7-8-19(2)16(14)5-6-18(19)21/h9-10,13-14,16,18,21H,3-8,20H2,1-2H3/t13?,14?,16?,18-,19-/m0/s1. The molecule has 1 aromatic rings. The average molecular weight is 285 g/mol. The van der Waals surface area contributed by atoms with Crippen LogP contribution in [0.3, 0.4) is 0 Å². The first-order chi connectivity index (χ1) is 10.0. The minimum Gasteiger partial charge on any atom is -0.399 e. The number of benzene rings is 1. The van der Waals surface area contributed by atoms with Crippen molar-refractivity contribution in [3.63, 3.8) is 0 Å². The van der Waals surface area contributed by atoms with E-state index in [1.54, 1.807) is 5.56 Å². The second-order valence-electron chi connectivity index (χ2n) is 7.96. The predicted molar refractivity (Wildman–Crippen MR) is 86.2 cm³/mol. The zero-order chi connectivity index (χ0) is 14.8. The fraction of sp³-hybridized carbons (Fsp3) is 0.684. The summed E-state index contributed by atoms with van der Waals surface area (Å²) in [6.07, 6.45) is 7.04. The van der Waals surface area contributed by atoms with E-state index in [-0.39, 0.29) is 11.5 Å². The lowest BCUT2D eigenvalue weighted by atomic mass is 9.55. The van der Waals surface area contributed by atoms with Crippen LogP contribution in [0.2, 0.25) is 0 Å². The third-order valence-electron chi connectivity index (χ3n) is 7.06. The summed E-state index contributed by atoms with van der Waals surface area (Å²) in [5, 5.41) is 10.4. The van der Waals surface area contributed by atoms with Crippen LogP contribution in [0.1, 0.15) is 61.6 Å². The maximum Gasteiger partial charge on any atom is 0.0596 e. The van der Waals surface area contributed by atoms with E-state index in [2.05, 4.69) is 26.0 Å². The molecule has 0 aliphatic heterocycles. The smallest absolute Gasteiger partial charge is 0.0596 e. The van der Waals surface area contributed by atoms with E-state index in [0.717, 1.165) is 23.9 Å². The maximum absolute atomic E-state index is 10.4. The highest BCUT2D eigenvalue weighted by molar-refractivity contribution is 5.53. The van der Waals surface area contributed by atoms with Gasteiger partial charge in [-0.3, -0.25) is 0 Å². The first kappa shape index (κ1) is 13.6. The SMILES string of the molecule is Cc1cc2c(cc1N)CCC1C2CC[C@@]2(C)C1CC[C@@H]2O. The van der Waals surface area contributed by atoms with Gasteiger partial charge < -0.3 is 10.8 Å². The molecule has 0 bridgehead atoms. The number of aryl methyl sites for hydroxylation is 2. The molecule has 2 fully saturated rings. The molecule has 21 heavy (non-hydrogen) atoms. The minimum atomic E-state index is -0.0713. The maximum atomic E-state index is 10.4. The molecule has 3 aliphatic carbocycles. The summed E-state index contributed by atoms with van der Waals surface area (Å²) in [6.45, 7) is 4.47. The zero-order valence-electron chi connectivity index (χ0n) is 13.2. The van der Waals surface area contributed by atoms with Gasteiger partial charge in [-0.05, 0) is 91.4 Å². The Bertz CT molecular complexity index is 581. The summed E-state index contributed by atoms with van der Waals surface area (Å²) in [6, 6.07) is 4.58. The molecule has 2 saturated carbocycles. The molecule has 2 nitrogen and oxygen atoms in total. The van der Waals surface area contributed by atoms with Crippen molar-refractivity contribution in [1.82, 2.24) is 0 Å². The summed E-state index contributed by atoms with van der Waals surface area (Å²) in [5.41, 5.74) is 11.5. The molecule has 0 aromatic heterocycles. The van der Waals surface area contributed by atoms with E-state index in [4.69, 9.17) is 5.73 Å². The van der Waals surface area contributed by atoms with Gasteiger partial charge in [0.2, 0.25) is 0 Å². The van der Waals surface area contributed by atoms with Gasteiger partial charge >= 0.3 is 0 Å². The van der Waals surface area contributed by atoms with Crippen molar-refractivity contribution in [2.45, 2.75) is 64.4 Å². The Morgan fingerprint density at radius 1 is 1.19 bits per heavy atom. The van der Waals surface area contributed by atoms with Crippen LogP contribution in [0.25, 0.3) is 0 Å². The highest BCUT2D eigenvalue weighted by atomic mass is 16.3. The molecule has 0 saturated heterocycles. The van der Waals surface area contributed by atoms with E-state index in [1.807, 2.05) is 0 Å². The normalized spacial score (nSPS) is 41.3. The number of rotatable bonds is 0. The number of fused-ring (bicyclic) bond motifs is 5. The molecule has 4 rings (SSSR count). The van der Waals surface area contributed by atoms with Crippen molar-refractivity contribution in [1.29, 1.82) is 0 Å². The zero-order valence-corrected chi connectivity index (χ0v) is 13.2. The summed E-state index contributed by atoms with van der Waals surface area (Å²) >= 11 is 0. The third-order valence-corrected chi connectivity index (χ3v) is 7.06. The van der Waals surface area contributed by atoms with Crippen molar-refractivity contribution in [2.75, 3.05) is 5.73 Å². The lowest BCUT2D eigenvalue weighted by Crippen LogP contribution is -2.43. The average Bonchev–Trinajstić information content (AvgIpc) is 2.76. The van der Waals surface area contributed by atoms with Crippen molar-refractivity contribution >= 4 is 5.69 Å². The van der Waals surface area contributed by atoms with Crippen LogP contribution in [0.4, 0.5) is 5.69 Å². The largest absolute Gasteiger partial charge is 0.399 e. The fourth-order valence-corrected chi connectivity index (χ4v) is 5.73. The number of nitrogens with two attached hydrogens (primary N) is 1. The fourth-order valence-electron chi connectivity index (χ4n) is 5.73. The molecule has 3 aliphatic rings. The summed E-state index contributed by atoms with van der Waals surface area (Å²) in [7, 11) is 0. The molecule has 3 unspecified atom stereocenters. The number of hydrogen-bond donors (Lipinski definition) is 2. The van der Waals surface area contributed by atoms with Crippen molar-refractivity contribution in [3.05, 3.63) is 28.8 Å². The molecule has 0 radical (unpaired) electrons. The van der Waals surface area contributed by atoms with E-state index in [1.165, 1.54) is 43.2 Å². The summed E-state index contributed by atoms with van der Waals surface area (Å²) < 4.78 is 0. The van der Waals surface area contributed by atoms with Crippen LogP contribution in [-0.4, -0.2) is 11.2 Å². The highest BCUT2D eigenvalue weighted by Gasteiger charge is 2.54. The van der Waals surface area contributed by atoms with Crippen molar-refractivity contribution in [3.8, 4) is 0 Å². The topological polar surface area (TPSA) is 46.2 Å². The first-order valence-corrected chi connectivity index (χ1v) is 8.57. The van der Waals surface area contributed by atoms with Gasteiger partial charge in [-0.2, -0.15) is 0 Å². The molecule has 0 amide bonds. The van der Waals surface area contributed by atoms with Gasteiger partial charge in [0.25, 0.3) is 0 Å². The monoisotopic (exact) mass is 285 g/mol. The Kier molecular flexibility index (Phi) is 2.91. The van der Waals surface area contributed by atoms with Gasteiger partial charge in [-0.15, -0.1) is 0 Å². The van der Waals surface area contributed by atoms with Crippen LogP contribution in [0.5, 0.6) is 0 Å². The summed E-state index contributed by atoms with van der Waals surface area (Å²) in [5.74, 6) is 2.20. The molecule has 1 aromatic carbocycles. The van der Waals surface area contributed by atoms with Gasteiger partial charge in [0.15, 0.2) is 0 Å². The Morgan fingerprint density at radius 3 is 2.81 bits per heavy atom. The second kappa shape index (κ2) is 4.49. The first-order valence-electron chi connectivity index (χ1n) is 8.57. The van der Waals surface area contributed by atoms with E-state index >= 15 is 0 Å². The lowest BCUT2D eigenvalue weighted by molar-refractivity contribution is -0.0226. The third kappa shape index (κ3) is 1.81. The van der Waals surface area contributed by atoms with Crippen LogP contribution in [0, 0.1) is 24.2 Å². The molecule has 3 N–H and O–H groups in total. The molecule has 5 atom stereocenters. The number of aliphatic hydroxyl groups excluding tert-OH is 1. The van der Waals surface area contributed by atoms with Crippen molar-refractivity contribution < 1.29 is 5.11 Å². The van der Waals surface area contributed by atoms with Crippen LogP contribution in [0.15, 0.2) is 12.1 Å². The molecular weight excluding hydrogens is 258 g/mol. The van der Waals surface area contributed by atoms with Crippen LogP contribution >= 0.6 is 0 Å². The molecule has 2 heteroatoms. The van der Waals surface area contributed by atoms with E-state index < -0.39 is 0 Å². The van der Waals surface area contributed by atoms with Crippen molar-refractivity contribution in [2.24, 2.45) is 17.3 Å². The van der Waals surface area contributed by atoms with E-state index in [9.17, 15) is 5.11 Å². The van der Waals surface area contributed by atoms with Gasteiger partial charge in [0.05, 0.1) is 6.10 Å². The Hall–Kier alpha value is -1.02. The number of hydrogen-bond acceptors (Lipinski definition) is 2. The quantitative estimate of drug-likeness (QED) is 0.712. The van der Waals surface area contributed by atoms with Gasteiger partial charge in [0, 0.05) is 5.69 Å². The van der Waals surface area contributed by atoms with Gasteiger partial charge in [-0.1, -0.05) is 13.0 Å². The highest BCUT2D eigenvalue weighted by Crippen LogP contribution is 2.60. The van der Waals surface area contributed by atoms with Gasteiger partial charge in [-0.25, -0.2) is 0 Å². The van der Waals surface area contributed by atoms with Crippen LogP contribution < -0.4 is 5.73 Å². The summed E-state index contributed by atoms with van der Waals surface area (Å²) in [4.78, 5) is 0. The Morgan fingerprint density at radius 2 is 2.00 bits per heavy atom. The number of aliphatic hydroxyl groups is 1.